The minimum absolute atomic E-state index is 0. The van der Waals surface area contributed by atoms with Crippen molar-refractivity contribution in [2.45, 2.75) is 44.2 Å². The third kappa shape index (κ3) is 7.75. The van der Waals surface area contributed by atoms with Crippen LogP contribution in [0, 0.1) is 0 Å². The Morgan fingerprint density at radius 3 is 2.54 bits per heavy atom. The fraction of sp³-hybridized carbons (Fsp3) is 0.667. The molecule has 6 nitrogen and oxygen atoms in total. The molecule has 0 saturated carbocycles. The number of ether oxygens (including phenoxy) is 2. The Bertz CT molecular complexity index is 559. The maximum atomic E-state index is 5.92. The lowest BCUT2D eigenvalue weighted by Crippen LogP contribution is -2.49. The molecule has 2 saturated heterocycles. The topological polar surface area (TPSA) is 58.1 Å². The average molecular weight is 502 g/mol. The molecule has 0 radical (unpaired) electrons. The number of nitrogens with one attached hydrogen (secondary N) is 2. The zero-order valence-corrected chi connectivity index (χ0v) is 19.3. The second kappa shape index (κ2) is 13.2. The molecule has 3 rings (SSSR count). The second-order valence-corrected chi connectivity index (χ2v) is 7.28. The van der Waals surface area contributed by atoms with Crippen LogP contribution in [0.15, 0.2) is 35.3 Å². The molecule has 1 aromatic carbocycles. The van der Waals surface area contributed by atoms with Crippen LogP contribution in [0.4, 0.5) is 5.69 Å². The van der Waals surface area contributed by atoms with Gasteiger partial charge in [-0.05, 0) is 44.2 Å². The number of para-hydroxylation sites is 1. The number of benzene rings is 1. The highest BCUT2D eigenvalue weighted by Gasteiger charge is 2.20. The van der Waals surface area contributed by atoms with E-state index in [1.54, 1.807) is 0 Å². The Kier molecular flexibility index (Phi) is 11.0. The summed E-state index contributed by atoms with van der Waals surface area (Å²) in [6, 6.07) is 11.2. The molecule has 2 aliphatic rings. The van der Waals surface area contributed by atoms with Crippen LogP contribution < -0.4 is 15.5 Å². The summed E-state index contributed by atoms with van der Waals surface area (Å²) >= 11 is 0. The predicted molar refractivity (Wildman–Crippen MR) is 126 cm³/mol. The number of halogens is 1. The maximum Gasteiger partial charge on any atom is 0.191 e. The average Bonchev–Trinajstić information content (AvgIpc) is 2.74. The minimum atomic E-state index is 0. The zero-order chi connectivity index (χ0) is 18.7. The van der Waals surface area contributed by atoms with Gasteiger partial charge in [-0.1, -0.05) is 18.2 Å². The number of hydrogen-bond donors (Lipinski definition) is 2. The van der Waals surface area contributed by atoms with Gasteiger partial charge in [0.15, 0.2) is 5.96 Å². The van der Waals surface area contributed by atoms with E-state index in [0.29, 0.717) is 12.1 Å². The van der Waals surface area contributed by atoms with E-state index in [1.807, 2.05) is 7.05 Å². The number of nitrogens with zero attached hydrogens (tertiary/aromatic N) is 2. The van der Waals surface area contributed by atoms with Crippen molar-refractivity contribution in [3.8, 4) is 0 Å². The Morgan fingerprint density at radius 2 is 1.86 bits per heavy atom. The van der Waals surface area contributed by atoms with E-state index in [-0.39, 0.29) is 24.0 Å². The van der Waals surface area contributed by atoms with Crippen LogP contribution in [-0.2, 0) is 9.47 Å². The van der Waals surface area contributed by atoms with Gasteiger partial charge in [0.1, 0.15) is 0 Å². The van der Waals surface area contributed by atoms with Gasteiger partial charge in [0.2, 0.25) is 0 Å². The highest BCUT2D eigenvalue weighted by molar-refractivity contribution is 14.0. The molecule has 0 aromatic heterocycles. The van der Waals surface area contributed by atoms with E-state index in [0.717, 1.165) is 77.5 Å². The largest absolute Gasteiger partial charge is 0.381 e. The number of piperidine rings is 1. The maximum absolute atomic E-state index is 5.92. The number of aliphatic imine (C=N–C) groups is 1. The third-order valence-electron chi connectivity index (χ3n) is 5.32. The van der Waals surface area contributed by atoms with Crippen molar-refractivity contribution >= 4 is 35.6 Å². The Balaban J connectivity index is 0.00000280. The van der Waals surface area contributed by atoms with Crippen molar-refractivity contribution in [3.63, 3.8) is 0 Å². The highest BCUT2D eigenvalue weighted by Crippen LogP contribution is 2.19. The van der Waals surface area contributed by atoms with E-state index in [1.165, 1.54) is 5.69 Å². The summed E-state index contributed by atoms with van der Waals surface area (Å²) in [5.41, 5.74) is 1.32. The Labute approximate surface area is 186 Å². The summed E-state index contributed by atoms with van der Waals surface area (Å²) in [5.74, 6) is 0.902. The van der Waals surface area contributed by atoms with E-state index in [9.17, 15) is 0 Å². The summed E-state index contributed by atoms with van der Waals surface area (Å²) in [4.78, 5) is 6.83. The second-order valence-electron chi connectivity index (χ2n) is 7.28. The number of rotatable bonds is 7. The highest BCUT2D eigenvalue weighted by atomic mass is 127. The number of hydrogen-bond acceptors (Lipinski definition) is 4. The molecule has 2 aliphatic heterocycles. The molecular formula is C21H35IN4O2. The SMILES string of the molecule is CN=C(NCCCOC1CCOCC1)NC1CCN(c2ccccc2)CC1.I. The van der Waals surface area contributed by atoms with Gasteiger partial charge in [-0.25, -0.2) is 0 Å². The summed E-state index contributed by atoms with van der Waals surface area (Å²) in [6.45, 7) is 5.51. The molecule has 28 heavy (non-hydrogen) atoms. The van der Waals surface area contributed by atoms with Crippen molar-refractivity contribution in [2.24, 2.45) is 4.99 Å². The predicted octanol–water partition coefficient (Wildman–Crippen LogP) is 3.02. The first-order chi connectivity index (χ1) is 13.3. The number of guanidine groups is 1. The normalized spacial score (nSPS) is 19.2. The molecule has 0 amide bonds. The van der Waals surface area contributed by atoms with Gasteiger partial charge in [0.25, 0.3) is 0 Å². The van der Waals surface area contributed by atoms with Crippen LogP contribution in [0.2, 0.25) is 0 Å². The molecule has 0 aliphatic carbocycles. The molecule has 2 fully saturated rings. The van der Waals surface area contributed by atoms with Crippen LogP contribution in [0.3, 0.4) is 0 Å². The van der Waals surface area contributed by atoms with Crippen LogP contribution in [0.1, 0.15) is 32.1 Å². The van der Waals surface area contributed by atoms with Crippen molar-refractivity contribution in [1.29, 1.82) is 0 Å². The van der Waals surface area contributed by atoms with Gasteiger partial charge in [-0.15, -0.1) is 24.0 Å². The lowest BCUT2D eigenvalue weighted by Gasteiger charge is -2.34. The van der Waals surface area contributed by atoms with Gasteiger partial charge >= 0.3 is 0 Å². The molecule has 0 spiro atoms. The van der Waals surface area contributed by atoms with E-state index >= 15 is 0 Å². The quantitative estimate of drug-likeness (QED) is 0.260. The zero-order valence-electron chi connectivity index (χ0n) is 16.9. The van der Waals surface area contributed by atoms with Crippen LogP contribution in [0.25, 0.3) is 0 Å². The fourth-order valence-corrected chi connectivity index (χ4v) is 3.68. The molecule has 0 atom stereocenters. The molecule has 1 aromatic rings. The standard InChI is InChI=1S/C21H34N4O2.HI/c1-22-21(23-12-5-15-27-20-10-16-26-17-11-20)24-18-8-13-25(14-9-18)19-6-3-2-4-7-19;/h2-4,6-7,18,20H,5,8-17H2,1H3,(H2,22,23,24);1H. The van der Waals surface area contributed by atoms with Gasteiger partial charge in [-0.2, -0.15) is 0 Å². The van der Waals surface area contributed by atoms with Crippen molar-refractivity contribution in [2.75, 3.05) is 51.4 Å². The lowest BCUT2D eigenvalue weighted by molar-refractivity contribution is -0.0320. The minimum Gasteiger partial charge on any atom is -0.381 e. The smallest absolute Gasteiger partial charge is 0.191 e. The third-order valence-corrected chi connectivity index (χ3v) is 5.32. The summed E-state index contributed by atoms with van der Waals surface area (Å²) < 4.78 is 11.3. The summed E-state index contributed by atoms with van der Waals surface area (Å²) in [5, 5.41) is 6.99. The molecule has 0 unspecified atom stereocenters. The summed E-state index contributed by atoms with van der Waals surface area (Å²) in [6.07, 6.45) is 5.68. The Morgan fingerprint density at radius 1 is 1.14 bits per heavy atom. The number of anilines is 1. The monoisotopic (exact) mass is 502 g/mol. The van der Waals surface area contributed by atoms with Crippen LogP contribution in [-0.4, -0.2) is 64.6 Å². The van der Waals surface area contributed by atoms with Gasteiger partial charge in [0.05, 0.1) is 6.10 Å². The first-order valence-corrected chi connectivity index (χ1v) is 10.3. The summed E-state index contributed by atoms with van der Waals surface area (Å²) in [7, 11) is 1.84. The molecule has 7 heteroatoms. The van der Waals surface area contributed by atoms with Crippen LogP contribution in [0.5, 0.6) is 0 Å². The molecule has 2 heterocycles. The fourth-order valence-electron chi connectivity index (χ4n) is 3.68. The van der Waals surface area contributed by atoms with Gasteiger partial charge < -0.3 is 25.0 Å². The first-order valence-electron chi connectivity index (χ1n) is 10.3. The molecule has 2 N–H and O–H groups in total. The van der Waals surface area contributed by atoms with Gasteiger partial charge in [0, 0.05) is 58.2 Å². The first kappa shape index (κ1) is 23.2. The molecule has 0 bridgehead atoms. The van der Waals surface area contributed by atoms with E-state index < -0.39 is 0 Å². The van der Waals surface area contributed by atoms with Gasteiger partial charge in [-0.3, -0.25) is 4.99 Å². The van der Waals surface area contributed by atoms with Crippen LogP contribution >= 0.6 is 24.0 Å². The van der Waals surface area contributed by atoms with Crippen molar-refractivity contribution in [3.05, 3.63) is 30.3 Å². The molecular weight excluding hydrogens is 467 g/mol. The van der Waals surface area contributed by atoms with Crippen molar-refractivity contribution < 1.29 is 9.47 Å². The van der Waals surface area contributed by atoms with E-state index in [4.69, 9.17) is 9.47 Å². The van der Waals surface area contributed by atoms with Crippen molar-refractivity contribution in [1.82, 2.24) is 10.6 Å². The van der Waals surface area contributed by atoms with E-state index in [2.05, 4.69) is 50.9 Å². The Hall–Kier alpha value is -1.06. The molecule has 158 valence electrons. The lowest BCUT2D eigenvalue weighted by atomic mass is 10.0.